The third kappa shape index (κ3) is 2.27. The highest BCUT2D eigenvalue weighted by Gasteiger charge is 2.27. The molecule has 0 aliphatic heterocycles. The van der Waals surface area contributed by atoms with E-state index in [4.69, 9.17) is 0 Å². The second-order valence-corrected chi connectivity index (χ2v) is 4.63. The molecule has 1 aromatic carbocycles. The van der Waals surface area contributed by atoms with Crippen molar-refractivity contribution in [3.8, 4) is 0 Å². The normalized spacial score (nSPS) is 15.1. The first kappa shape index (κ1) is 10.8. The van der Waals surface area contributed by atoms with E-state index in [0.29, 0.717) is 0 Å². The fourth-order valence-electron chi connectivity index (χ4n) is 1.22. The summed E-state index contributed by atoms with van der Waals surface area (Å²) in [5, 5.41) is 2.56. The Balaban J connectivity index is 2.32. The van der Waals surface area contributed by atoms with Gasteiger partial charge in [0.1, 0.15) is 11.4 Å². The zero-order chi connectivity index (χ0) is 11.0. The van der Waals surface area contributed by atoms with Crippen LogP contribution < -0.4 is 5.32 Å². The Morgan fingerprint density at radius 3 is 2.67 bits per heavy atom. The summed E-state index contributed by atoms with van der Waals surface area (Å²) in [5.74, 6) is -2.26. The molecule has 0 radical (unpaired) electrons. The van der Waals surface area contributed by atoms with Crippen LogP contribution in [-0.2, 0) is 0 Å². The second-order valence-electron chi connectivity index (χ2n) is 3.47. The van der Waals surface area contributed by atoms with E-state index < -0.39 is 23.1 Å². The van der Waals surface area contributed by atoms with Crippen LogP contribution in [0.4, 0.5) is 8.78 Å². The van der Waals surface area contributed by atoms with Crippen LogP contribution in [0.15, 0.2) is 12.1 Å². The molecule has 0 saturated heterocycles. The van der Waals surface area contributed by atoms with E-state index in [0.717, 1.165) is 18.9 Å². The Hall–Kier alpha value is -0.720. The molecule has 0 bridgehead atoms. The molecule has 1 amide bonds. The smallest absolute Gasteiger partial charge is 0.257 e. The lowest BCUT2D eigenvalue weighted by atomic mass is 10.2. The van der Waals surface area contributed by atoms with Crippen molar-refractivity contribution >= 4 is 28.5 Å². The van der Waals surface area contributed by atoms with Crippen molar-refractivity contribution in [3.63, 3.8) is 0 Å². The van der Waals surface area contributed by atoms with Crippen LogP contribution >= 0.6 is 22.6 Å². The summed E-state index contributed by atoms with van der Waals surface area (Å²) in [7, 11) is 0. The largest absolute Gasteiger partial charge is 0.349 e. The maximum Gasteiger partial charge on any atom is 0.257 e. The number of amides is 1. The molecule has 0 spiro atoms. The average Bonchev–Trinajstić information content (AvgIpc) is 2.96. The van der Waals surface area contributed by atoms with E-state index in [-0.39, 0.29) is 9.61 Å². The van der Waals surface area contributed by atoms with E-state index in [1.807, 2.05) is 0 Å². The molecule has 5 heteroatoms. The van der Waals surface area contributed by atoms with Crippen molar-refractivity contribution in [2.24, 2.45) is 0 Å². The first-order valence-corrected chi connectivity index (χ1v) is 5.62. The van der Waals surface area contributed by atoms with Gasteiger partial charge in [0.2, 0.25) is 0 Å². The van der Waals surface area contributed by atoms with Crippen molar-refractivity contribution in [2.45, 2.75) is 18.9 Å². The number of hydrogen-bond donors (Lipinski definition) is 1. The maximum atomic E-state index is 13.5. The van der Waals surface area contributed by atoms with Crippen LogP contribution in [0.3, 0.4) is 0 Å². The van der Waals surface area contributed by atoms with Crippen LogP contribution in [0, 0.1) is 15.2 Å². The minimum atomic E-state index is -0.814. The van der Waals surface area contributed by atoms with Crippen LogP contribution in [0.25, 0.3) is 0 Å². The van der Waals surface area contributed by atoms with E-state index >= 15 is 0 Å². The SMILES string of the molecule is O=C(NC1CC1)c1c(F)ccc(I)c1F. The van der Waals surface area contributed by atoms with Crippen molar-refractivity contribution < 1.29 is 13.6 Å². The summed E-state index contributed by atoms with van der Waals surface area (Å²) in [5.41, 5.74) is -0.478. The van der Waals surface area contributed by atoms with Gasteiger partial charge in [-0.2, -0.15) is 0 Å². The molecule has 0 atom stereocenters. The van der Waals surface area contributed by atoms with Crippen LogP contribution in [0.5, 0.6) is 0 Å². The fraction of sp³-hybridized carbons (Fsp3) is 0.300. The quantitative estimate of drug-likeness (QED) is 0.657. The van der Waals surface area contributed by atoms with Crippen LogP contribution in [0.2, 0.25) is 0 Å². The van der Waals surface area contributed by atoms with Gasteiger partial charge < -0.3 is 5.32 Å². The lowest BCUT2D eigenvalue weighted by Gasteiger charge is -2.06. The number of hydrogen-bond acceptors (Lipinski definition) is 1. The Morgan fingerprint density at radius 1 is 1.40 bits per heavy atom. The molecule has 1 aromatic rings. The summed E-state index contributed by atoms with van der Waals surface area (Å²) in [6.07, 6.45) is 1.78. The number of carbonyl (C=O) groups is 1. The molecule has 0 aromatic heterocycles. The molecule has 2 nitrogen and oxygen atoms in total. The topological polar surface area (TPSA) is 29.1 Å². The number of nitrogens with one attached hydrogen (secondary N) is 1. The predicted octanol–water partition coefficient (Wildman–Crippen LogP) is 2.46. The molecule has 1 aliphatic rings. The fourth-order valence-corrected chi connectivity index (χ4v) is 1.67. The molecule has 0 heterocycles. The first-order chi connectivity index (χ1) is 7.09. The number of rotatable bonds is 2. The molecule has 1 saturated carbocycles. The minimum absolute atomic E-state index is 0.0918. The van der Waals surface area contributed by atoms with Gasteiger partial charge in [0.05, 0.1) is 0 Å². The van der Waals surface area contributed by atoms with Crippen LogP contribution in [0.1, 0.15) is 23.2 Å². The standard InChI is InChI=1S/C10H8F2INO/c11-6-3-4-7(13)9(12)8(6)10(15)14-5-1-2-5/h3-5H,1-2H2,(H,14,15). The molecular weight excluding hydrogens is 315 g/mol. The Kier molecular flexibility index (Phi) is 2.90. The van der Waals surface area contributed by atoms with E-state index in [1.54, 1.807) is 22.6 Å². The van der Waals surface area contributed by atoms with Crippen molar-refractivity contribution in [1.29, 1.82) is 0 Å². The zero-order valence-corrected chi connectivity index (χ0v) is 9.85. The van der Waals surface area contributed by atoms with Gasteiger partial charge in [-0.05, 0) is 47.6 Å². The molecule has 1 aliphatic carbocycles. The van der Waals surface area contributed by atoms with Gasteiger partial charge in [0, 0.05) is 9.61 Å². The zero-order valence-electron chi connectivity index (χ0n) is 7.69. The van der Waals surface area contributed by atoms with E-state index in [1.165, 1.54) is 6.07 Å². The Labute approximate surface area is 99.2 Å². The monoisotopic (exact) mass is 323 g/mol. The summed E-state index contributed by atoms with van der Waals surface area (Å²) in [4.78, 5) is 11.5. The van der Waals surface area contributed by atoms with Crippen LogP contribution in [-0.4, -0.2) is 11.9 Å². The van der Waals surface area contributed by atoms with Gasteiger partial charge in [0.15, 0.2) is 5.82 Å². The third-order valence-corrected chi connectivity index (χ3v) is 3.02. The summed E-state index contributed by atoms with van der Waals surface area (Å²) in [6, 6.07) is 2.50. The first-order valence-electron chi connectivity index (χ1n) is 4.54. The summed E-state index contributed by atoms with van der Waals surface area (Å²) < 4.78 is 27.0. The van der Waals surface area contributed by atoms with Gasteiger partial charge in [-0.15, -0.1) is 0 Å². The third-order valence-electron chi connectivity index (χ3n) is 2.18. The lowest BCUT2D eigenvalue weighted by molar-refractivity contribution is 0.0942. The molecule has 15 heavy (non-hydrogen) atoms. The summed E-state index contributed by atoms with van der Waals surface area (Å²) in [6.45, 7) is 0. The van der Waals surface area contributed by atoms with E-state index in [9.17, 15) is 13.6 Å². The Morgan fingerprint density at radius 2 is 2.07 bits per heavy atom. The predicted molar refractivity (Wildman–Crippen MR) is 59.6 cm³/mol. The highest BCUT2D eigenvalue weighted by atomic mass is 127. The van der Waals surface area contributed by atoms with E-state index in [2.05, 4.69) is 5.32 Å². The Bertz CT molecular complexity index is 418. The van der Waals surface area contributed by atoms with Gasteiger partial charge in [-0.3, -0.25) is 4.79 Å². The van der Waals surface area contributed by atoms with Gasteiger partial charge in [-0.1, -0.05) is 0 Å². The average molecular weight is 323 g/mol. The molecule has 0 unspecified atom stereocenters. The maximum absolute atomic E-state index is 13.5. The molecule has 2 rings (SSSR count). The molecular formula is C10H8F2INO. The second kappa shape index (κ2) is 4.03. The highest BCUT2D eigenvalue weighted by Crippen LogP contribution is 2.22. The number of benzene rings is 1. The number of carbonyl (C=O) groups excluding carboxylic acids is 1. The van der Waals surface area contributed by atoms with Crippen molar-refractivity contribution in [1.82, 2.24) is 5.32 Å². The minimum Gasteiger partial charge on any atom is -0.349 e. The van der Waals surface area contributed by atoms with Crippen molar-refractivity contribution in [2.75, 3.05) is 0 Å². The molecule has 80 valence electrons. The molecule has 1 N–H and O–H groups in total. The summed E-state index contributed by atoms with van der Waals surface area (Å²) >= 11 is 1.73. The highest BCUT2D eigenvalue weighted by molar-refractivity contribution is 14.1. The van der Waals surface area contributed by atoms with Crippen molar-refractivity contribution in [3.05, 3.63) is 32.9 Å². The van der Waals surface area contributed by atoms with Gasteiger partial charge in [0.25, 0.3) is 5.91 Å². The molecule has 1 fully saturated rings. The van der Waals surface area contributed by atoms with Gasteiger partial charge >= 0.3 is 0 Å². The van der Waals surface area contributed by atoms with Gasteiger partial charge in [-0.25, -0.2) is 8.78 Å². The number of halogens is 3. The lowest BCUT2D eigenvalue weighted by Crippen LogP contribution is -2.27.